The van der Waals surface area contributed by atoms with E-state index in [-0.39, 0.29) is 17.7 Å². The summed E-state index contributed by atoms with van der Waals surface area (Å²) in [5.41, 5.74) is 1.78. The Morgan fingerprint density at radius 2 is 1.80 bits per heavy atom. The second-order valence-corrected chi connectivity index (χ2v) is 10.3. The molecule has 186 valence electrons. The van der Waals surface area contributed by atoms with Crippen molar-refractivity contribution in [2.75, 3.05) is 39.8 Å². The van der Waals surface area contributed by atoms with Crippen molar-refractivity contribution in [3.63, 3.8) is 0 Å². The number of likely N-dealkylation sites (N-methyl/N-ethyl adjacent to an activating group) is 1. The fraction of sp³-hybridized carbons (Fsp3) is 0.429. The van der Waals surface area contributed by atoms with Gasteiger partial charge in [0.15, 0.2) is 0 Å². The highest BCUT2D eigenvalue weighted by Gasteiger charge is 2.28. The van der Waals surface area contributed by atoms with Gasteiger partial charge in [0.05, 0.1) is 10.0 Å². The molecule has 0 saturated carbocycles. The van der Waals surface area contributed by atoms with Gasteiger partial charge in [-0.1, -0.05) is 53.5 Å². The third-order valence-corrected chi connectivity index (χ3v) is 7.89. The zero-order valence-corrected chi connectivity index (χ0v) is 21.7. The first-order valence-corrected chi connectivity index (χ1v) is 13.1. The molecule has 7 heteroatoms. The largest absolute Gasteiger partial charge is 0.341 e. The lowest BCUT2D eigenvalue weighted by atomic mass is 9.93. The van der Waals surface area contributed by atoms with Crippen molar-refractivity contribution >= 4 is 35.0 Å². The Morgan fingerprint density at radius 1 is 1.06 bits per heavy atom. The van der Waals surface area contributed by atoms with Gasteiger partial charge in [-0.2, -0.15) is 0 Å². The summed E-state index contributed by atoms with van der Waals surface area (Å²) in [5.74, 6) is 0.297. The summed E-state index contributed by atoms with van der Waals surface area (Å²) in [5, 5.41) is 1.07. The number of rotatable bonds is 8. The highest BCUT2D eigenvalue weighted by atomic mass is 35.5. The Hall–Kier alpha value is -2.34. The van der Waals surface area contributed by atoms with Crippen LogP contribution in [-0.4, -0.2) is 72.3 Å². The molecule has 0 bridgehead atoms. The van der Waals surface area contributed by atoms with Crippen LogP contribution in [0.4, 0.5) is 0 Å². The van der Waals surface area contributed by atoms with Crippen LogP contribution in [-0.2, 0) is 4.79 Å². The van der Waals surface area contributed by atoms with E-state index in [1.165, 1.54) is 0 Å². The molecule has 2 aliphatic rings. The highest BCUT2D eigenvalue weighted by molar-refractivity contribution is 6.42. The SMILES string of the molecule is CN(C[C@@H](CCN1CCC(N2CCC=CC2=O)CC1)c1ccc(Cl)c(Cl)c1)C(=O)c1ccccc1. The predicted octanol–water partition coefficient (Wildman–Crippen LogP) is 5.49. The van der Waals surface area contributed by atoms with Crippen LogP contribution in [0.3, 0.4) is 0 Å². The second kappa shape index (κ2) is 12.1. The number of carbonyl (C=O) groups is 2. The van der Waals surface area contributed by atoms with E-state index in [0.29, 0.717) is 28.2 Å². The van der Waals surface area contributed by atoms with Crippen LogP contribution in [0, 0.1) is 0 Å². The van der Waals surface area contributed by atoms with E-state index in [9.17, 15) is 9.59 Å². The Morgan fingerprint density at radius 3 is 2.49 bits per heavy atom. The molecule has 4 rings (SSSR count). The Balaban J connectivity index is 1.38. The Bertz CT molecular complexity index is 1050. The van der Waals surface area contributed by atoms with Crippen molar-refractivity contribution in [1.29, 1.82) is 0 Å². The summed E-state index contributed by atoms with van der Waals surface area (Å²) in [6, 6.07) is 15.5. The summed E-state index contributed by atoms with van der Waals surface area (Å²) in [7, 11) is 1.86. The van der Waals surface area contributed by atoms with E-state index in [1.807, 2.05) is 66.6 Å². The molecule has 5 nitrogen and oxygen atoms in total. The van der Waals surface area contributed by atoms with E-state index in [1.54, 1.807) is 11.0 Å². The normalized spacial score (nSPS) is 18.0. The van der Waals surface area contributed by atoms with Crippen molar-refractivity contribution in [2.45, 2.75) is 37.6 Å². The quantitative estimate of drug-likeness (QED) is 0.468. The van der Waals surface area contributed by atoms with Crippen LogP contribution >= 0.6 is 23.2 Å². The number of amides is 2. The molecule has 2 aromatic carbocycles. The Labute approximate surface area is 218 Å². The molecule has 2 amide bonds. The van der Waals surface area contributed by atoms with Gasteiger partial charge in [0.1, 0.15) is 0 Å². The van der Waals surface area contributed by atoms with Crippen molar-refractivity contribution in [3.05, 3.63) is 81.9 Å². The van der Waals surface area contributed by atoms with E-state index >= 15 is 0 Å². The fourth-order valence-electron chi connectivity index (χ4n) is 5.10. The van der Waals surface area contributed by atoms with Crippen LogP contribution in [0.2, 0.25) is 10.0 Å². The Kier molecular flexibility index (Phi) is 8.88. The molecule has 0 aliphatic carbocycles. The molecule has 2 aliphatic heterocycles. The number of piperidine rings is 1. The number of benzene rings is 2. The van der Waals surface area contributed by atoms with Gasteiger partial charge < -0.3 is 14.7 Å². The third-order valence-electron chi connectivity index (χ3n) is 7.15. The molecule has 1 atom stereocenters. The fourth-order valence-corrected chi connectivity index (χ4v) is 5.41. The minimum absolute atomic E-state index is 0.0109. The molecule has 0 radical (unpaired) electrons. The van der Waals surface area contributed by atoms with E-state index in [4.69, 9.17) is 23.2 Å². The number of hydrogen-bond acceptors (Lipinski definition) is 3. The van der Waals surface area contributed by atoms with Crippen molar-refractivity contribution < 1.29 is 9.59 Å². The molecule has 0 N–H and O–H groups in total. The molecular formula is C28H33Cl2N3O2. The van der Waals surface area contributed by atoms with Gasteiger partial charge in [-0.05, 0) is 68.1 Å². The highest BCUT2D eigenvalue weighted by Crippen LogP contribution is 2.30. The monoisotopic (exact) mass is 513 g/mol. The number of halogens is 2. The van der Waals surface area contributed by atoms with E-state index in [2.05, 4.69) is 4.90 Å². The first-order valence-electron chi connectivity index (χ1n) is 12.4. The lowest BCUT2D eigenvalue weighted by Gasteiger charge is -2.39. The molecule has 2 heterocycles. The molecule has 35 heavy (non-hydrogen) atoms. The standard InChI is InChI=1S/C28H33Cl2N3O2/c1-31(28(35)21-7-3-2-4-8-21)20-23(22-10-11-25(29)26(30)19-22)12-16-32-17-13-24(14-18-32)33-15-6-5-9-27(33)34/h2-5,7-11,19,23-24H,6,12-18,20H2,1H3/t23-/m1/s1. The van der Waals surface area contributed by atoms with Gasteiger partial charge in [0.25, 0.3) is 5.91 Å². The van der Waals surface area contributed by atoms with E-state index < -0.39 is 0 Å². The third kappa shape index (κ3) is 6.66. The maximum Gasteiger partial charge on any atom is 0.253 e. The number of hydrogen-bond donors (Lipinski definition) is 0. The topological polar surface area (TPSA) is 43.9 Å². The predicted molar refractivity (Wildman–Crippen MR) is 142 cm³/mol. The summed E-state index contributed by atoms with van der Waals surface area (Å²) in [6.45, 7) is 4.31. The summed E-state index contributed by atoms with van der Waals surface area (Å²) < 4.78 is 0. The average molecular weight is 514 g/mol. The second-order valence-electron chi connectivity index (χ2n) is 9.51. The zero-order chi connectivity index (χ0) is 24.8. The first-order chi connectivity index (χ1) is 16.9. The van der Waals surface area contributed by atoms with Crippen LogP contribution in [0.1, 0.15) is 47.5 Å². The average Bonchev–Trinajstić information content (AvgIpc) is 2.89. The van der Waals surface area contributed by atoms with Gasteiger partial charge in [0, 0.05) is 50.7 Å². The smallest absolute Gasteiger partial charge is 0.253 e. The van der Waals surface area contributed by atoms with Gasteiger partial charge in [-0.25, -0.2) is 0 Å². The van der Waals surface area contributed by atoms with Crippen molar-refractivity contribution in [3.8, 4) is 0 Å². The molecule has 1 fully saturated rings. The van der Waals surface area contributed by atoms with Gasteiger partial charge in [0.2, 0.25) is 5.91 Å². The number of carbonyl (C=O) groups excluding carboxylic acids is 2. The van der Waals surface area contributed by atoms with Crippen molar-refractivity contribution in [2.24, 2.45) is 0 Å². The van der Waals surface area contributed by atoms with Crippen LogP contribution < -0.4 is 0 Å². The van der Waals surface area contributed by atoms with E-state index in [0.717, 1.165) is 57.4 Å². The molecule has 2 aromatic rings. The maximum atomic E-state index is 13.0. The molecule has 0 aromatic heterocycles. The summed E-state index contributed by atoms with van der Waals surface area (Å²) in [6.07, 6.45) is 7.54. The van der Waals surface area contributed by atoms with Gasteiger partial charge in [-0.15, -0.1) is 0 Å². The van der Waals surface area contributed by atoms with Crippen molar-refractivity contribution in [1.82, 2.24) is 14.7 Å². The van der Waals surface area contributed by atoms with Gasteiger partial charge >= 0.3 is 0 Å². The number of nitrogens with zero attached hydrogens (tertiary/aromatic N) is 3. The first kappa shape index (κ1) is 25.7. The molecule has 1 saturated heterocycles. The van der Waals surface area contributed by atoms with Gasteiger partial charge in [-0.3, -0.25) is 9.59 Å². The van der Waals surface area contributed by atoms with Crippen LogP contribution in [0.15, 0.2) is 60.7 Å². The number of likely N-dealkylation sites (tertiary alicyclic amines) is 1. The molecule has 0 spiro atoms. The molecular weight excluding hydrogens is 481 g/mol. The maximum absolute atomic E-state index is 13.0. The summed E-state index contributed by atoms with van der Waals surface area (Å²) in [4.78, 5) is 31.5. The zero-order valence-electron chi connectivity index (χ0n) is 20.2. The minimum atomic E-state index is 0.0109. The van der Waals surface area contributed by atoms with Crippen LogP contribution in [0.25, 0.3) is 0 Å². The van der Waals surface area contributed by atoms with Crippen LogP contribution in [0.5, 0.6) is 0 Å². The summed E-state index contributed by atoms with van der Waals surface area (Å²) >= 11 is 12.5. The minimum Gasteiger partial charge on any atom is -0.341 e. The molecule has 0 unspecified atom stereocenters. The lowest BCUT2D eigenvalue weighted by Crippen LogP contribution is -2.48. The lowest BCUT2D eigenvalue weighted by molar-refractivity contribution is -0.129.